The van der Waals surface area contributed by atoms with E-state index in [-0.39, 0.29) is 11.4 Å². The van der Waals surface area contributed by atoms with Crippen molar-refractivity contribution in [1.29, 1.82) is 0 Å². The summed E-state index contributed by atoms with van der Waals surface area (Å²) < 4.78 is 7.45. The molecule has 1 aromatic carbocycles. The number of nitrogens with two attached hydrogens (primary N) is 1. The second kappa shape index (κ2) is 7.85. The summed E-state index contributed by atoms with van der Waals surface area (Å²) in [6.45, 7) is 4.96. The van der Waals surface area contributed by atoms with Crippen molar-refractivity contribution in [1.82, 2.24) is 25.0 Å². The number of methoxy groups -OCH3 is 1. The first kappa shape index (κ1) is 20.4. The maximum atomic E-state index is 12.3. The Balaban J connectivity index is 1.46. The molecular formula is C24H28N6O2. The number of hydrogen-bond acceptors (Lipinski definition) is 5. The van der Waals surface area contributed by atoms with Crippen LogP contribution in [0.25, 0.3) is 22.4 Å². The van der Waals surface area contributed by atoms with Crippen LogP contribution in [0.15, 0.2) is 42.6 Å². The molecule has 3 aromatic rings. The number of carbonyl (C=O) groups excluding carboxylic acids is 1. The highest BCUT2D eigenvalue weighted by molar-refractivity contribution is 5.79. The lowest BCUT2D eigenvalue weighted by atomic mass is 9.82. The van der Waals surface area contributed by atoms with Crippen LogP contribution in [0, 0.1) is 0 Å². The first-order valence-electron chi connectivity index (χ1n) is 11.0. The SMILES string of the molecule is CCNC(=O)N1CC[C@@]2(CCn3nc(-c4cnc(N)c(-c5cccc(OC)c5)c4)cc32)C1. The molecule has 0 saturated carbocycles. The van der Waals surface area contributed by atoms with Gasteiger partial charge >= 0.3 is 6.03 Å². The van der Waals surface area contributed by atoms with Gasteiger partial charge in [0.05, 0.1) is 12.8 Å². The number of benzene rings is 1. The van der Waals surface area contributed by atoms with E-state index in [0.717, 1.165) is 60.6 Å². The fraction of sp³-hybridized carbons (Fsp3) is 0.375. The predicted molar refractivity (Wildman–Crippen MR) is 123 cm³/mol. The van der Waals surface area contributed by atoms with Gasteiger partial charge in [-0.25, -0.2) is 9.78 Å². The number of urea groups is 1. The fourth-order valence-corrected chi connectivity index (χ4v) is 4.96. The van der Waals surface area contributed by atoms with Gasteiger partial charge in [-0.3, -0.25) is 4.68 Å². The molecule has 0 radical (unpaired) electrons. The second-order valence-corrected chi connectivity index (χ2v) is 8.56. The van der Waals surface area contributed by atoms with E-state index in [2.05, 4.69) is 21.0 Å². The summed E-state index contributed by atoms with van der Waals surface area (Å²) in [5.74, 6) is 1.24. The lowest BCUT2D eigenvalue weighted by Gasteiger charge is -2.23. The maximum absolute atomic E-state index is 12.3. The minimum Gasteiger partial charge on any atom is -0.497 e. The Morgan fingerprint density at radius 3 is 2.88 bits per heavy atom. The number of fused-ring (bicyclic) bond motifs is 2. The van der Waals surface area contributed by atoms with Gasteiger partial charge in [-0.05, 0) is 49.6 Å². The van der Waals surface area contributed by atoms with E-state index in [9.17, 15) is 4.79 Å². The topological polar surface area (TPSA) is 98.3 Å². The van der Waals surface area contributed by atoms with Crippen molar-refractivity contribution in [2.24, 2.45) is 0 Å². The molecule has 1 atom stereocenters. The number of aryl methyl sites for hydroxylation is 1. The first-order valence-corrected chi connectivity index (χ1v) is 11.0. The van der Waals surface area contributed by atoms with Crippen LogP contribution in [0.1, 0.15) is 25.5 Å². The molecule has 8 nitrogen and oxygen atoms in total. The Morgan fingerprint density at radius 2 is 2.06 bits per heavy atom. The number of aromatic nitrogens is 3. The van der Waals surface area contributed by atoms with Crippen molar-refractivity contribution in [3.05, 3.63) is 48.3 Å². The highest BCUT2D eigenvalue weighted by Crippen LogP contribution is 2.44. The number of carbonyl (C=O) groups is 1. The Hall–Kier alpha value is -3.55. The van der Waals surface area contributed by atoms with Crippen molar-refractivity contribution >= 4 is 11.8 Å². The summed E-state index contributed by atoms with van der Waals surface area (Å²) >= 11 is 0. The van der Waals surface area contributed by atoms with Crippen molar-refractivity contribution in [2.45, 2.75) is 31.7 Å². The van der Waals surface area contributed by atoms with Gasteiger partial charge in [-0.2, -0.15) is 5.10 Å². The second-order valence-electron chi connectivity index (χ2n) is 8.56. The molecule has 2 amide bonds. The highest BCUT2D eigenvalue weighted by Gasteiger charge is 2.46. The van der Waals surface area contributed by atoms with E-state index in [1.54, 1.807) is 13.3 Å². The smallest absolute Gasteiger partial charge is 0.317 e. The third kappa shape index (κ3) is 3.36. The number of nitrogens with zero attached hydrogens (tertiary/aromatic N) is 4. The zero-order valence-corrected chi connectivity index (χ0v) is 18.5. The van der Waals surface area contributed by atoms with Crippen molar-refractivity contribution in [3.63, 3.8) is 0 Å². The van der Waals surface area contributed by atoms with E-state index in [1.165, 1.54) is 5.69 Å². The van der Waals surface area contributed by atoms with Gasteiger partial charge in [0, 0.05) is 54.6 Å². The van der Waals surface area contributed by atoms with Gasteiger partial charge in [0.15, 0.2) is 0 Å². The molecule has 2 aliphatic heterocycles. The fourth-order valence-electron chi connectivity index (χ4n) is 4.96. The van der Waals surface area contributed by atoms with Gasteiger partial charge in [0.1, 0.15) is 11.6 Å². The zero-order valence-electron chi connectivity index (χ0n) is 18.5. The molecule has 2 aliphatic rings. The molecular weight excluding hydrogens is 404 g/mol. The summed E-state index contributed by atoms with van der Waals surface area (Å²) in [4.78, 5) is 18.7. The lowest BCUT2D eigenvalue weighted by Crippen LogP contribution is -2.40. The standard InChI is InChI=1S/C24H28N6O2/c1-3-26-23(31)29-9-7-24(15-29)8-10-30-21(24)13-20(28-30)17-12-19(22(25)27-14-17)16-5-4-6-18(11-16)32-2/h4-6,11-14H,3,7-10,15H2,1-2H3,(H2,25,27)(H,26,31)/t24-/m1/s1. The van der Waals surface area contributed by atoms with Crippen LogP contribution >= 0.6 is 0 Å². The molecule has 1 saturated heterocycles. The van der Waals surface area contributed by atoms with Gasteiger partial charge in [0.2, 0.25) is 0 Å². The Kier molecular flexibility index (Phi) is 5.00. The number of likely N-dealkylation sites (tertiary alicyclic amines) is 1. The van der Waals surface area contributed by atoms with Crippen LogP contribution in [0.2, 0.25) is 0 Å². The van der Waals surface area contributed by atoms with Gasteiger partial charge < -0.3 is 20.7 Å². The average Bonchev–Trinajstić information content (AvgIpc) is 3.51. The monoisotopic (exact) mass is 432 g/mol. The van der Waals surface area contributed by atoms with Crippen molar-refractivity contribution in [2.75, 3.05) is 32.5 Å². The van der Waals surface area contributed by atoms with Crippen LogP contribution in [-0.2, 0) is 12.0 Å². The first-order chi connectivity index (χ1) is 15.5. The molecule has 0 unspecified atom stereocenters. The Bertz CT molecular complexity index is 1170. The molecule has 32 heavy (non-hydrogen) atoms. The minimum atomic E-state index is -0.0206. The number of rotatable bonds is 4. The third-order valence-electron chi connectivity index (χ3n) is 6.69. The number of hydrogen-bond donors (Lipinski definition) is 2. The van der Waals surface area contributed by atoms with Crippen LogP contribution in [0.3, 0.4) is 0 Å². The summed E-state index contributed by atoms with van der Waals surface area (Å²) in [6, 6.07) is 12.0. The van der Waals surface area contributed by atoms with Crippen LogP contribution in [0.5, 0.6) is 5.75 Å². The van der Waals surface area contributed by atoms with E-state index in [0.29, 0.717) is 12.4 Å². The number of anilines is 1. The van der Waals surface area contributed by atoms with Crippen molar-refractivity contribution in [3.8, 4) is 28.1 Å². The molecule has 3 N–H and O–H groups in total. The molecule has 8 heteroatoms. The van der Waals surface area contributed by atoms with Crippen LogP contribution in [0.4, 0.5) is 10.6 Å². The molecule has 0 aliphatic carbocycles. The zero-order chi connectivity index (χ0) is 22.3. The number of nitrogens with one attached hydrogen (secondary N) is 1. The number of ether oxygens (including phenoxy) is 1. The van der Waals surface area contributed by atoms with Gasteiger partial charge in [-0.15, -0.1) is 0 Å². The number of pyridine rings is 1. The molecule has 166 valence electrons. The summed E-state index contributed by atoms with van der Waals surface area (Å²) in [6.07, 6.45) is 3.75. The largest absolute Gasteiger partial charge is 0.497 e. The predicted octanol–water partition coefficient (Wildman–Crippen LogP) is 3.28. The third-order valence-corrected chi connectivity index (χ3v) is 6.69. The Morgan fingerprint density at radius 1 is 1.22 bits per heavy atom. The van der Waals surface area contributed by atoms with Crippen LogP contribution < -0.4 is 15.8 Å². The average molecular weight is 433 g/mol. The molecule has 5 rings (SSSR count). The van der Waals surface area contributed by atoms with Crippen molar-refractivity contribution < 1.29 is 9.53 Å². The molecule has 0 bridgehead atoms. The number of amides is 2. The summed E-state index contributed by atoms with van der Waals surface area (Å²) in [5, 5.41) is 7.80. The molecule has 4 heterocycles. The van der Waals surface area contributed by atoms with E-state index in [1.807, 2.05) is 42.2 Å². The summed E-state index contributed by atoms with van der Waals surface area (Å²) in [7, 11) is 1.65. The molecule has 1 spiro atoms. The number of nitrogen functional groups attached to an aromatic ring is 1. The highest BCUT2D eigenvalue weighted by atomic mass is 16.5. The van der Waals surface area contributed by atoms with Gasteiger partial charge in [0.25, 0.3) is 0 Å². The van der Waals surface area contributed by atoms with E-state index >= 15 is 0 Å². The van der Waals surface area contributed by atoms with Gasteiger partial charge in [-0.1, -0.05) is 12.1 Å². The Labute approximate surface area is 187 Å². The molecule has 1 fully saturated rings. The maximum Gasteiger partial charge on any atom is 0.317 e. The lowest BCUT2D eigenvalue weighted by molar-refractivity contribution is 0.206. The minimum absolute atomic E-state index is 0.0206. The van der Waals surface area contributed by atoms with E-state index in [4.69, 9.17) is 15.6 Å². The van der Waals surface area contributed by atoms with Crippen LogP contribution in [-0.4, -0.2) is 52.4 Å². The normalized spacial score (nSPS) is 19.4. The summed E-state index contributed by atoms with van der Waals surface area (Å²) in [5.41, 5.74) is 11.0. The van der Waals surface area contributed by atoms with E-state index < -0.39 is 0 Å². The quantitative estimate of drug-likeness (QED) is 0.659. The molecule has 2 aromatic heterocycles.